The van der Waals surface area contributed by atoms with Gasteiger partial charge in [0, 0.05) is 29.1 Å². The average Bonchev–Trinajstić information content (AvgIpc) is 3.34. The van der Waals surface area contributed by atoms with Gasteiger partial charge in [-0.1, -0.05) is 0 Å². The summed E-state index contributed by atoms with van der Waals surface area (Å²) < 4.78 is 22.3. The molecule has 0 unspecified atom stereocenters. The topological polar surface area (TPSA) is 97.0 Å². The largest absolute Gasteiger partial charge is 0.497 e. The van der Waals surface area contributed by atoms with Crippen LogP contribution in [0, 0.1) is 0 Å². The van der Waals surface area contributed by atoms with Gasteiger partial charge in [-0.3, -0.25) is 14.2 Å². The molecule has 164 valence electrons. The van der Waals surface area contributed by atoms with Crippen LogP contribution in [0.25, 0.3) is 22.0 Å². The average molecular weight is 427 g/mol. The molecule has 0 saturated carbocycles. The highest BCUT2D eigenvalue weighted by Crippen LogP contribution is 2.35. The first-order chi connectivity index (χ1) is 14.6. The number of rotatable bonds is 6. The normalized spacial score (nSPS) is 11.4. The highest BCUT2D eigenvalue weighted by molar-refractivity contribution is 6.02. The molecule has 0 saturated heterocycles. The highest BCUT2D eigenvalue weighted by atomic mass is 16.6. The molecule has 3 rings (SSSR count). The second kappa shape index (κ2) is 8.67. The maximum Gasteiger partial charge on any atom is 0.419 e. The van der Waals surface area contributed by atoms with Gasteiger partial charge in [0.05, 0.1) is 32.4 Å². The number of ketones is 1. The Labute approximate surface area is 179 Å². The molecule has 0 spiro atoms. The van der Waals surface area contributed by atoms with Crippen LogP contribution in [-0.2, 0) is 14.3 Å². The van der Waals surface area contributed by atoms with Crippen LogP contribution in [-0.4, -0.2) is 42.2 Å². The van der Waals surface area contributed by atoms with Gasteiger partial charge in [0.15, 0.2) is 11.5 Å². The van der Waals surface area contributed by atoms with E-state index in [2.05, 4.69) is 4.74 Å². The lowest BCUT2D eigenvalue weighted by Crippen LogP contribution is -2.26. The van der Waals surface area contributed by atoms with Crippen LogP contribution in [0.4, 0.5) is 4.79 Å². The van der Waals surface area contributed by atoms with E-state index in [9.17, 15) is 14.4 Å². The van der Waals surface area contributed by atoms with E-state index >= 15 is 0 Å². The van der Waals surface area contributed by atoms with Gasteiger partial charge < -0.3 is 18.6 Å². The summed E-state index contributed by atoms with van der Waals surface area (Å²) in [7, 11) is 2.83. The van der Waals surface area contributed by atoms with Crippen molar-refractivity contribution in [1.82, 2.24) is 4.57 Å². The van der Waals surface area contributed by atoms with Gasteiger partial charge in [0.25, 0.3) is 0 Å². The van der Waals surface area contributed by atoms with Crippen LogP contribution >= 0.6 is 0 Å². The van der Waals surface area contributed by atoms with E-state index in [0.29, 0.717) is 22.4 Å². The molecule has 8 heteroatoms. The molecule has 2 heterocycles. The molecule has 0 aliphatic heterocycles. The van der Waals surface area contributed by atoms with Gasteiger partial charge in [0.2, 0.25) is 0 Å². The third-order valence-electron chi connectivity index (χ3n) is 4.57. The van der Waals surface area contributed by atoms with Crippen molar-refractivity contribution in [2.45, 2.75) is 39.2 Å². The molecule has 0 aliphatic carbocycles. The zero-order chi connectivity index (χ0) is 22.8. The van der Waals surface area contributed by atoms with Crippen LogP contribution in [0.15, 0.2) is 41.1 Å². The zero-order valence-corrected chi connectivity index (χ0v) is 18.2. The number of fused-ring (bicyclic) bond motifs is 1. The number of carbonyl (C=O) groups excluding carboxylic acids is 3. The third-order valence-corrected chi connectivity index (χ3v) is 4.57. The molecule has 0 amide bonds. The first-order valence-corrected chi connectivity index (χ1v) is 9.74. The van der Waals surface area contributed by atoms with Crippen molar-refractivity contribution >= 4 is 28.7 Å². The molecule has 0 aliphatic rings. The van der Waals surface area contributed by atoms with E-state index in [0.717, 1.165) is 5.39 Å². The number of ether oxygens (including phenoxy) is 3. The fraction of sp³-hybridized carbons (Fsp3) is 0.348. The Morgan fingerprint density at radius 3 is 2.45 bits per heavy atom. The summed E-state index contributed by atoms with van der Waals surface area (Å²) in [5.74, 6) is -0.0358. The molecule has 0 fully saturated rings. The molecule has 1 aromatic carbocycles. The van der Waals surface area contributed by atoms with Gasteiger partial charge in [-0.05, 0) is 45.0 Å². The first-order valence-electron chi connectivity index (χ1n) is 9.74. The Morgan fingerprint density at radius 2 is 1.81 bits per heavy atom. The van der Waals surface area contributed by atoms with E-state index in [-0.39, 0.29) is 24.4 Å². The van der Waals surface area contributed by atoms with Crippen molar-refractivity contribution in [2.24, 2.45) is 0 Å². The Kier molecular flexibility index (Phi) is 6.19. The summed E-state index contributed by atoms with van der Waals surface area (Å²) in [4.78, 5) is 36.4. The molecule has 0 N–H and O–H groups in total. The number of hydrogen-bond acceptors (Lipinski definition) is 7. The number of aromatic nitrogens is 1. The molecule has 0 bridgehead atoms. The van der Waals surface area contributed by atoms with E-state index in [1.54, 1.807) is 58.3 Å². The van der Waals surface area contributed by atoms with Crippen LogP contribution in [0.3, 0.4) is 0 Å². The lowest BCUT2D eigenvalue weighted by molar-refractivity contribution is -0.140. The molecule has 0 radical (unpaired) electrons. The molecular formula is C23H25NO7. The fourth-order valence-electron chi connectivity index (χ4n) is 3.09. The number of carbonyl (C=O) groups is 3. The number of methoxy groups -OCH3 is 2. The summed E-state index contributed by atoms with van der Waals surface area (Å²) in [5.41, 5.74) is 1.26. The zero-order valence-electron chi connectivity index (χ0n) is 18.2. The van der Waals surface area contributed by atoms with Crippen LogP contribution in [0.1, 0.15) is 44.2 Å². The Morgan fingerprint density at radius 1 is 1.06 bits per heavy atom. The molecule has 0 atom stereocenters. The molecule has 3 aromatic rings. The van der Waals surface area contributed by atoms with Crippen molar-refractivity contribution in [2.75, 3.05) is 14.2 Å². The van der Waals surface area contributed by atoms with Crippen LogP contribution in [0.5, 0.6) is 5.75 Å². The summed E-state index contributed by atoms with van der Waals surface area (Å²) in [6, 6.07) is 6.92. The van der Waals surface area contributed by atoms with Gasteiger partial charge >= 0.3 is 12.1 Å². The minimum atomic E-state index is -0.658. The van der Waals surface area contributed by atoms with E-state index in [1.165, 1.54) is 17.9 Å². The number of Topliss-reactive ketones (excluding diaryl/α,β-unsaturated/α-hetero) is 1. The molecule has 31 heavy (non-hydrogen) atoms. The quantitative estimate of drug-likeness (QED) is 0.410. The summed E-state index contributed by atoms with van der Waals surface area (Å²) in [6.45, 7) is 5.38. The van der Waals surface area contributed by atoms with Crippen molar-refractivity contribution in [1.29, 1.82) is 0 Å². The van der Waals surface area contributed by atoms with Gasteiger partial charge in [0.1, 0.15) is 11.4 Å². The predicted molar refractivity (Wildman–Crippen MR) is 113 cm³/mol. The molecule has 2 aromatic heterocycles. The monoisotopic (exact) mass is 427 g/mol. The van der Waals surface area contributed by atoms with Gasteiger partial charge in [-0.2, -0.15) is 0 Å². The number of esters is 1. The van der Waals surface area contributed by atoms with Gasteiger partial charge in [-0.15, -0.1) is 0 Å². The van der Waals surface area contributed by atoms with E-state index < -0.39 is 17.7 Å². The predicted octanol–water partition coefficient (Wildman–Crippen LogP) is 4.83. The van der Waals surface area contributed by atoms with E-state index in [1.807, 2.05) is 0 Å². The standard InChI is InChI=1S/C23H25NO7/c1-23(2,3)31-22(27)24-12-17(16-11-15(28-4)6-7-18(16)24)14-10-20(30-13-14)19(25)8-9-21(26)29-5/h6-7,10-13H,8-9H2,1-5H3. The SMILES string of the molecule is COC(=O)CCC(=O)c1cc(-c2cn(C(=O)OC(C)(C)C)c3ccc(OC)cc23)co1. The van der Waals surface area contributed by atoms with Crippen molar-refractivity contribution < 1.29 is 33.0 Å². The van der Waals surface area contributed by atoms with Crippen molar-refractivity contribution in [3.63, 3.8) is 0 Å². The second-order valence-electron chi connectivity index (χ2n) is 7.98. The fourth-order valence-corrected chi connectivity index (χ4v) is 3.09. The van der Waals surface area contributed by atoms with Crippen LogP contribution in [0.2, 0.25) is 0 Å². The Hall–Kier alpha value is -3.55. The number of furan rings is 1. The number of nitrogens with zero attached hydrogens (tertiary/aromatic N) is 1. The van der Waals surface area contributed by atoms with Crippen molar-refractivity contribution in [3.05, 3.63) is 42.5 Å². The lowest BCUT2D eigenvalue weighted by atomic mass is 10.1. The maximum absolute atomic E-state index is 12.8. The summed E-state index contributed by atoms with van der Waals surface area (Å²) in [5, 5.41) is 0.736. The summed E-state index contributed by atoms with van der Waals surface area (Å²) >= 11 is 0. The van der Waals surface area contributed by atoms with Crippen LogP contribution < -0.4 is 4.74 Å². The Bertz CT molecular complexity index is 1130. The molecule has 8 nitrogen and oxygen atoms in total. The Balaban J connectivity index is 2.00. The number of benzene rings is 1. The minimum absolute atomic E-state index is 0.0207. The maximum atomic E-state index is 12.8. The highest BCUT2D eigenvalue weighted by Gasteiger charge is 2.23. The van der Waals surface area contributed by atoms with Gasteiger partial charge in [-0.25, -0.2) is 4.79 Å². The smallest absolute Gasteiger partial charge is 0.419 e. The third kappa shape index (κ3) is 4.96. The minimum Gasteiger partial charge on any atom is -0.497 e. The second-order valence-corrected chi connectivity index (χ2v) is 7.98. The van der Waals surface area contributed by atoms with E-state index in [4.69, 9.17) is 13.9 Å². The number of hydrogen-bond donors (Lipinski definition) is 0. The summed E-state index contributed by atoms with van der Waals surface area (Å²) in [6.07, 6.45) is 2.52. The lowest BCUT2D eigenvalue weighted by Gasteiger charge is -2.19. The first kappa shape index (κ1) is 22.1. The molecular weight excluding hydrogens is 402 g/mol. The van der Waals surface area contributed by atoms with Crippen molar-refractivity contribution in [3.8, 4) is 16.9 Å².